The maximum atomic E-state index is 13.6. The topological polar surface area (TPSA) is 63.6 Å². The van der Waals surface area contributed by atoms with Crippen LogP contribution in [0.5, 0.6) is 5.75 Å². The minimum Gasteiger partial charge on any atom is -0.484 e. The molecule has 1 aliphatic rings. The third-order valence-electron chi connectivity index (χ3n) is 2.71. The molecule has 0 spiro atoms. The van der Waals surface area contributed by atoms with E-state index in [1.165, 1.54) is 6.07 Å². The molecule has 2 rings (SSSR count). The number of ether oxygens (including phenoxy) is 1. The van der Waals surface area contributed by atoms with Crippen LogP contribution in [0, 0.1) is 12.7 Å². The van der Waals surface area contributed by atoms with Crippen molar-refractivity contribution in [2.45, 2.75) is 19.1 Å². The number of benzene rings is 1. The average molecular weight is 260 g/mol. The summed E-state index contributed by atoms with van der Waals surface area (Å²) in [7, 11) is -3.29. The summed E-state index contributed by atoms with van der Waals surface area (Å²) in [6.45, 7) is 1.59. The predicted octanol–water partition coefficient (Wildman–Crippen LogP) is 0.671. The summed E-state index contributed by atoms with van der Waals surface area (Å²) >= 11 is 0. The Balaban J connectivity index is 2.20. The van der Waals surface area contributed by atoms with Crippen LogP contribution in [0.1, 0.15) is 5.56 Å². The van der Waals surface area contributed by atoms with Crippen LogP contribution < -0.4 is 4.74 Å². The second-order valence-corrected chi connectivity index (χ2v) is 6.34. The summed E-state index contributed by atoms with van der Waals surface area (Å²) < 4.78 is 41.4. The van der Waals surface area contributed by atoms with Crippen LogP contribution in [-0.4, -0.2) is 37.2 Å². The first-order valence-electron chi connectivity index (χ1n) is 5.19. The van der Waals surface area contributed by atoms with E-state index in [1.54, 1.807) is 19.1 Å². The van der Waals surface area contributed by atoms with Crippen LogP contribution in [0.2, 0.25) is 0 Å². The van der Waals surface area contributed by atoms with Crippen LogP contribution in [0.4, 0.5) is 4.39 Å². The Morgan fingerprint density at radius 3 is 2.71 bits per heavy atom. The van der Waals surface area contributed by atoms with Gasteiger partial charge in [-0.05, 0) is 18.6 Å². The van der Waals surface area contributed by atoms with Crippen molar-refractivity contribution in [1.82, 2.24) is 0 Å². The van der Waals surface area contributed by atoms with Crippen LogP contribution in [0.25, 0.3) is 0 Å². The molecule has 2 unspecified atom stereocenters. The SMILES string of the molecule is Cc1cccc(OC2CS(=O)(=O)CC2O)c1F. The van der Waals surface area contributed by atoms with Crippen LogP contribution in [-0.2, 0) is 9.84 Å². The van der Waals surface area contributed by atoms with Gasteiger partial charge in [0, 0.05) is 0 Å². The van der Waals surface area contributed by atoms with Gasteiger partial charge in [-0.25, -0.2) is 12.8 Å². The first-order valence-corrected chi connectivity index (χ1v) is 7.01. The van der Waals surface area contributed by atoms with Crippen molar-refractivity contribution < 1.29 is 22.7 Å². The highest BCUT2D eigenvalue weighted by Gasteiger charge is 2.38. The Morgan fingerprint density at radius 1 is 1.41 bits per heavy atom. The average Bonchev–Trinajstić information content (AvgIpc) is 2.47. The summed E-state index contributed by atoms with van der Waals surface area (Å²) in [6, 6.07) is 4.62. The predicted molar refractivity (Wildman–Crippen MR) is 60.2 cm³/mol. The third-order valence-corrected chi connectivity index (χ3v) is 4.39. The Hall–Kier alpha value is -1.14. The van der Waals surface area contributed by atoms with E-state index in [-0.39, 0.29) is 17.3 Å². The minimum absolute atomic E-state index is 0.0221. The van der Waals surface area contributed by atoms with Gasteiger partial charge < -0.3 is 9.84 Å². The molecule has 94 valence electrons. The second kappa shape index (κ2) is 4.27. The lowest BCUT2D eigenvalue weighted by atomic mass is 10.2. The van der Waals surface area contributed by atoms with Gasteiger partial charge in [0.2, 0.25) is 0 Å². The molecular weight excluding hydrogens is 247 g/mol. The lowest BCUT2D eigenvalue weighted by Gasteiger charge is -2.16. The minimum atomic E-state index is -3.29. The van der Waals surface area contributed by atoms with Crippen molar-refractivity contribution in [3.05, 3.63) is 29.6 Å². The fraction of sp³-hybridized carbons (Fsp3) is 0.455. The molecule has 0 aromatic heterocycles. The van der Waals surface area contributed by atoms with Crippen molar-refractivity contribution >= 4 is 9.84 Å². The molecule has 1 aromatic rings. The van der Waals surface area contributed by atoms with Gasteiger partial charge in [-0.2, -0.15) is 0 Å². The molecule has 0 bridgehead atoms. The first-order chi connectivity index (χ1) is 7.89. The second-order valence-electron chi connectivity index (χ2n) is 4.19. The van der Waals surface area contributed by atoms with Gasteiger partial charge in [0.1, 0.15) is 12.2 Å². The Bertz CT molecular complexity index is 526. The standard InChI is InChI=1S/C11H13FO4S/c1-7-3-2-4-9(11(7)12)16-10-6-17(14,15)5-8(10)13/h2-4,8,10,13H,5-6H2,1H3. The van der Waals surface area contributed by atoms with E-state index in [0.717, 1.165) is 0 Å². The van der Waals surface area contributed by atoms with Crippen LogP contribution >= 0.6 is 0 Å². The van der Waals surface area contributed by atoms with E-state index < -0.39 is 27.9 Å². The fourth-order valence-electron chi connectivity index (χ4n) is 1.78. The van der Waals surface area contributed by atoms with Gasteiger partial charge in [-0.3, -0.25) is 0 Å². The van der Waals surface area contributed by atoms with Gasteiger partial charge in [-0.15, -0.1) is 0 Å². The van der Waals surface area contributed by atoms with Crippen molar-refractivity contribution in [2.75, 3.05) is 11.5 Å². The molecule has 1 aromatic carbocycles. The zero-order valence-corrected chi connectivity index (χ0v) is 10.1. The number of rotatable bonds is 2. The molecule has 2 atom stereocenters. The Morgan fingerprint density at radius 2 is 2.12 bits per heavy atom. The van der Waals surface area contributed by atoms with E-state index in [0.29, 0.717) is 5.56 Å². The van der Waals surface area contributed by atoms with E-state index in [4.69, 9.17) is 4.74 Å². The molecule has 1 saturated heterocycles. The molecule has 17 heavy (non-hydrogen) atoms. The van der Waals surface area contributed by atoms with E-state index in [2.05, 4.69) is 0 Å². The van der Waals surface area contributed by atoms with Crippen molar-refractivity contribution in [3.63, 3.8) is 0 Å². The number of hydrogen-bond acceptors (Lipinski definition) is 4. The summed E-state index contributed by atoms with van der Waals surface area (Å²) in [4.78, 5) is 0. The zero-order valence-electron chi connectivity index (χ0n) is 9.26. The van der Waals surface area contributed by atoms with Gasteiger partial charge in [0.25, 0.3) is 0 Å². The first kappa shape index (κ1) is 12.3. The summed E-state index contributed by atoms with van der Waals surface area (Å²) in [5.41, 5.74) is 0.415. The van der Waals surface area contributed by atoms with Gasteiger partial charge >= 0.3 is 0 Å². The number of aliphatic hydroxyl groups excluding tert-OH is 1. The molecule has 1 N–H and O–H groups in total. The maximum absolute atomic E-state index is 13.6. The van der Waals surface area contributed by atoms with E-state index in [9.17, 15) is 17.9 Å². The summed E-state index contributed by atoms with van der Waals surface area (Å²) in [6.07, 6.45) is -1.99. The normalized spacial score (nSPS) is 27.0. The molecule has 0 saturated carbocycles. The van der Waals surface area contributed by atoms with E-state index >= 15 is 0 Å². The molecule has 1 heterocycles. The van der Waals surface area contributed by atoms with Gasteiger partial charge in [0.15, 0.2) is 21.4 Å². The Kier molecular flexibility index (Phi) is 3.09. The van der Waals surface area contributed by atoms with Crippen LogP contribution in [0.15, 0.2) is 18.2 Å². The number of aliphatic hydroxyl groups is 1. The quantitative estimate of drug-likeness (QED) is 0.849. The monoisotopic (exact) mass is 260 g/mol. The molecule has 6 heteroatoms. The van der Waals surface area contributed by atoms with Crippen molar-refractivity contribution in [2.24, 2.45) is 0 Å². The molecule has 1 fully saturated rings. The third kappa shape index (κ3) is 2.58. The highest BCUT2D eigenvalue weighted by atomic mass is 32.2. The maximum Gasteiger partial charge on any atom is 0.167 e. The number of halogens is 1. The molecular formula is C11H13FO4S. The number of hydrogen-bond donors (Lipinski definition) is 1. The lowest BCUT2D eigenvalue weighted by Crippen LogP contribution is -2.30. The smallest absolute Gasteiger partial charge is 0.167 e. The lowest BCUT2D eigenvalue weighted by molar-refractivity contribution is 0.0710. The molecule has 4 nitrogen and oxygen atoms in total. The summed E-state index contributed by atoms with van der Waals surface area (Å²) in [5, 5.41) is 9.52. The van der Waals surface area contributed by atoms with Crippen LogP contribution in [0.3, 0.4) is 0 Å². The number of aryl methyl sites for hydroxylation is 1. The largest absolute Gasteiger partial charge is 0.484 e. The molecule has 0 radical (unpaired) electrons. The highest BCUT2D eigenvalue weighted by molar-refractivity contribution is 7.91. The molecule has 0 aliphatic carbocycles. The number of sulfone groups is 1. The highest BCUT2D eigenvalue weighted by Crippen LogP contribution is 2.24. The Labute approximate surface area is 98.9 Å². The molecule has 0 amide bonds. The zero-order chi connectivity index (χ0) is 12.6. The van der Waals surface area contributed by atoms with Gasteiger partial charge in [0.05, 0.1) is 11.5 Å². The summed E-state index contributed by atoms with van der Waals surface area (Å²) in [5.74, 6) is -1.15. The van der Waals surface area contributed by atoms with Crippen molar-refractivity contribution in [1.29, 1.82) is 0 Å². The van der Waals surface area contributed by atoms with Gasteiger partial charge in [-0.1, -0.05) is 12.1 Å². The van der Waals surface area contributed by atoms with E-state index in [1.807, 2.05) is 0 Å². The van der Waals surface area contributed by atoms with Crippen molar-refractivity contribution in [3.8, 4) is 5.75 Å². The fourth-order valence-corrected chi connectivity index (χ4v) is 3.45. The molecule has 1 aliphatic heterocycles.